The molecule has 2 aromatic carbocycles. The van der Waals surface area contributed by atoms with Gasteiger partial charge in [0.05, 0.1) is 11.4 Å². The van der Waals surface area contributed by atoms with Crippen LogP contribution in [0.5, 0.6) is 0 Å². The zero-order chi connectivity index (χ0) is 17.8. The van der Waals surface area contributed by atoms with Crippen LogP contribution >= 0.6 is 0 Å². The molecule has 3 aromatic rings. The van der Waals surface area contributed by atoms with Crippen LogP contribution in [0, 0.1) is 12.8 Å². The van der Waals surface area contributed by atoms with Crippen molar-refractivity contribution in [3.63, 3.8) is 0 Å². The van der Waals surface area contributed by atoms with E-state index >= 15 is 0 Å². The summed E-state index contributed by atoms with van der Waals surface area (Å²) in [5.41, 5.74) is 4.73. The monoisotopic (exact) mass is 331 g/mol. The Labute approximate surface area is 148 Å². The van der Waals surface area contributed by atoms with Gasteiger partial charge >= 0.3 is 0 Å². The number of hydrogen-bond donors (Lipinski definition) is 1. The zero-order valence-corrected chi connectivity index (χ0v) is 14.7. The molecular formula is C21H21N3O. The van der Waals surface area contributed by atoms with Crippen molar-refractivity contribution >= 4 is 11.9 Å². The molecule has 1 heterocycles. The van der Waals surface area contributed by atoms with Crippen LogP contribution in [0.4, 0.5) is 5.95 Å². The van der Waals surface area contributed by atoms with Gasteiger partial charge in [-0.15, -0.1) is 0 Å². The molecule has 126 valence electrons. The average Bonchev–Trinajstić information content (AvgIpc) is 2.62. The normalized spacial score (nSPS) is 10.7. The number of rotatable bonds is 4. The predicted molar refractivity (Wildman–Crippen MR) is 101 cm³/mol. The quantitative estimate of drug-likeness (QED) is 0.753. The van der Waals surface area contributed by atoms with Gasteiger partial charge in [-0.3, -0.25) is 10.1 Å². The maximum Gasteiger partial charge on any atom is 0.230 e. The van der Waals surface area contributed by atoms with Crippen molar-refractivity contribution in [2.45, 2.75) is 20.8 Å². The van der Waals surface area contributed by atoms with Gasteiger partial charge in [0.25, 0.3) is 0 Å². The molecule has 0 aliphatic heterocycles. The standard InChI is InChI=1S/C21H21N3O/c1-14(2)20(25)24-21-22-18(16-7-5-4-6-8-16)13-19(23-21)17-11-9-15(3)10-12-17/h4-14H,1-3H3,(H,22,23,24,25). The highest BCUT2D eigenvalue weighted by molar-refractivity contribution is 5.91. The molecule has 1 N–H and O–H groups in total. The van der Waals surface area contributed by atoms with Gasteiger partial charge < -0.3 is 0 Å². The van der Waals surface area contributed by atoms with Crippen LogP contribution in [-0.2, 0) is 4.79 Å². The van der Waals surface area contributed by atoms with Crippen molar-refractivity contribution in [1.29, 1.82) is 0 Å². The largest absolute Gasteiger partial charge is 0.294 e. The molecule has 4 heteroatoms. The summed E-state index contributed by atoms with van der Waals surface area (Å²) in [4.78, 5) is 21.1. The zero-order valence-electron chi connectivity index (χ0n) is 14.7. The molecule has 1 aromatic heterocycles. The molecule has 0 bridgehead atoms. The van der Waals surface area contributed by atoms with Gasteiger partial charge in [-0.2, -0.15) is 0 Å². The SMILES string of the molecule is Cc1ccc(-c2cc(-c3ccccc3)nc(NC(=O)C(C)C)n2)cc1. The minimum atomic E-state index is -0.133. The van der Waals surface area contributed by atoms with Gasteiger partial charge in [0, 0.05) is 17.0 Å². The third-order valence-electron chi connectivity index (χ3n) is 3.90. The highest BCUT2D eigenvalue weighted by Gasteiger charge is 2.13. The second-order valence-electron chi connectivity index (χ2n) is 6.34. The Bertz CT molecular complexity index is 871. The molecule has 0 fully saturated rings. The van der Waals surface area contributed by atoms with Crippen molar-refractivity contribution in [1.82, 2.24) is 9.97 Å². The summed E-state index contributed by atoms with van der Waals surface area (Å²) < 4.78 is 0. The summed E-state index contributed by atoms with van der Waals surface area (Å²) in [5, 5.41) is 2.81. The fourth-order valence-corrected chi connectivity index (χ4v) is 2.39. The lowest BCUT2D eigenvalue weighted by Crippen LogP contribution is -2.19. The summed E-state index contributed by atoms with van der Waals surface area (Å²) in [6.07, 6.45) is 0. The maximum atomic E-state index is 12.1. The van der Waals surface area contributed by atoms with Gasteiger partial charge in [0.2, 0.25) is 11.9 Å². The minimum absolute atomic E-state index is 0.0972. The fourth-order valence-electron chi connectivity index (χ4n) is 2.39. The molecule has 0 unspecified atom stereocenters. The number of aromatic nitrogens is 2. The Morgan fingerprint density at radius 2 is 1.44 bits per heavy atom. The van der Waals surface area contributed by atoms with Crippen LogP contribution in [0.15, 0.2) is 60.7 Å². The van der Waals surface area contributed by atoms with Crippen molar-refractivity contribution in [3.8, 4) is 22.5 Å². The first kappa shape index (κ1) is 16.8. The number of anilines is 1. The minimum Gasteiger partial charge on any atom is -0.294 e. The molecule has 1 amide bonds. The van der Waals surface area contributed by atoms with Crippen LogP contribution in [0.1, 0.15) is 19.4 Å². The van der Waals surface area contributed by atoms with Gasteiger partial charge in [0.1, 0.15) is 0 Å². The van der Waals surface area contributed by atoms with E-state index in [-0.39, 0.29) is 11.8 Å². The Hall–Kier alpha value is -3.01. The van der Waals surface area contributed by atoms with Gasteiger partial charge in [-0.1, -0.05) is 74.0 Å². The fraction of sp³-hybridized carbons (Fsp3) is 0.190. The Balaban J connectivity index is 2.07. The van der Waals surface area contributed by atoms with E-state index in [1.165, 1.54) is 5.56 Å². The van der Waals surface area contributed by atoms with Crippen LogP contribution in [0.25, 0.3) is 22.5 Å². The molecule has 0 saturated heterocycles. The number of amides is 1. The van der Waals surface area contributed by atoms with Gasteiger partial charge in [-0.05, 0) is 13.0 Å². The number of hydrogen-bond acceptors (Lipinski definition) is 3. The first-order chi connectivity index (χ1) is 12.0. The summed E-state index contributed by atoms with van der Waals surface area (Å²) >= 11 is 0. The molecule has 0 spiro atoms. The van der Waals surface area contributed by atoms with E-state index in [0.717, 1.165) is 22.5 Å². The van der Waals surface area contributed by atoms with Crippen LogP contribution < -0.4 is 5.32 Å². The highest BCUT2D eigenvalue weighted by Crippen LogP contribution is 2.25. The summed E-state index contributed by atoms with van der Waals surface area (Å²) in [5.74, 6) is 0.0995. The number of nitrogens with one attached hydrogen (secondary N) is 1. The number of benzene rings is 2. The Morgan fingerprint density at radius 3 is 2.00 bits per heavy atom. The maximum absolute atomic E-state index is 12.1. The molecule has 4 nitrogen and oxygen atoms in total. The van der Waals surface area contributed by atoms with Gasteiger partial charge in [0.15, 0.2) is 0 Å². The molecule has 0 atom stereocenters. The van der Waals surface area contributed by atoms with Crippen LogP contribution in [0.3, 0.4) is 0 Å². The first-order valence-corrected chi connectivity index (χ1v) is 8.35. The molecule has 25 heavy (non-hydrogen) atoms. The number of carbonyl (C=O) groups excluding carboxylic acids is 1. The van der Waals surface area contributed by atoms with E-state index in [1.54, 1.807) is 0 Å². The number of aryl methyl sites for hydroxylation is 1. The molecular weight excluding hydrogens is 310 g/mol. The van der Waals surface area contributed by atoms with Gasteiger partial charge in [-0.25, -0.2) is 9.97 Å². The first-order valence-electron chi connectivity index (χ1n) is 8.35. The second-order valence-corrected chi connectivity index (χ2v) is 6.34. The molecule has 0 aliphatic carbocycles. The lowest BCUT2D eigenvalue weighted by Gasteiger charge is -2.11. The van der Waals surface area contributed by atoms with E-state index in [2.05, 4.69) is 15.3 Å². The highest BCUT2D eigenvalue weighted by atomic mass is 16.1. The van der Waals surface area contributed by atoms with E-state index in [1.807, 2.05) is 81.4 Å². The lowest BCUT2D eigenvalue weighted by atomic mass is 10.1. The molecule has 0 aliphatic rings. The van der Waals surface area contributed by atoms with E-state index in [9.17, 15) is 4.79 Å². The summed E-state index contributed by atoms with van der Waals surface area (Å²) in [6.45, 7) is 5.74. The Morgan fingerprint density at radius 1 is 0.880 bits per heavy atom. The van der Waals surface area contributed by atoms with Crippen LogP contribution in [-0.4, -0.2) is 15.9 Å². The molecule has 0 radical (unpaired) electrons. The number of nitrogens with zero attached hydrogens (tertiary/aromatic N) is 2. The smallest absolute Gasteiger partial charge is 0.230 e. The van der Waals surface area contributed by atoms with Crippen molar-refractivity contribution < 1.29 is 4.79 Å². The van der Waals surface area contributed by atoms with Crippen molar-refractivity contribution in [2.24, 2.45) is 5.92 Å². The van der Waals surface area contributed by atoms with Crippen molar-refractivity contribution in [3.05, 3.63) is 66.2 Å². The van der Waals surface area contributed by atoms with E-state index in [0.29, 0.717) is 5.95 Å². The van der Waals surface area contributed by atoms with Crippen molar-refractivity contribution in [2.75, 3.05) is 5.32 Å². The third kappa shape index (κ3) is 4.10. The average molecular weight is 331 g/mol. The van der Waals surface area contributed by atoms with E-state index in [4.69, 9.17) is 0 Å². The lowest BCUT2D eigenvalue weighted by molar-refractivity contribution is -0.118. The second kappa shape index (κ2) is 7.26. The third-order valence-corrected chi connectivity index (χ3v) is 3.90. The Kier molecular flexibility index (Phi) is 4.89. The number of carbonyl (C=O) groups is 1. The topological polar surface area (TPSA) is 54.9 Å². The van der Waals surface area contributed by atoms with Crippen LogP contribution in [0.2, 0.25) is 0 Å². The van der Waals surface area contributed by atoms with E-state index < -0.39 is 0 Å². The predicted octanol–water partition coefficient (Wildman–Crippen LogP) is 4.71. The summed E-state index contributed by atoms with van der Waals surface area (Å²) in [7, 11) is 0. The summed E-state index contributed by atoms with van der Waals surface area (Å²) in [6, 6.07) is 20.0. The molecule has 0 saturated carbocycles. The molecule has 3 rings (SSSR count).